The van der Waals surface area contributed by atoms with Gasteiger partial charge in [-0.1, -0.05) is 6.07 Å². The summed E-state index contributed by atoms with van der Waals surface area (Å²) < 4.78 is 0.684. The number of likely N-dealkylation sites (N-methyl/N-ethyl adjacent to an activating group) is 1. The van der Waals surface area contributed by atoms with E-state index in [4.69, 9.17) is 0 Å². The maximum atomic E-state index is 12.1. The molecule has 0 saturated carbocycles. The molecule has 1 aliphatic heterocycles. The fraction of sp³-hybridized carbons (Fsp3) is 0.400. The predicted octanol–water partition coefficient (Wildman–Crippen LogP) is 1.39. The molecule has 0 aliphatic carbocycles. The largest absolute Gasteiger partial charge is 0.353 e. The van der Waals surface area contributed by atoms with Crippen molar-refractivity contribution in [3.63, 3.8) is 0 Å². The topological polar surface area (TPSA) is 69.7 Å². The SMILES string of the molecule is CC(C)NC(=O)CN(C)CN1C(=O)C(=O)c2cccc(Br)c21. The molecule has 0 bridgehead atoms. The van der Waals surface area contributed by atoms with Gasteiger partial charge in [0.1, 0.15) is 0 Å². The van der Waals surface area contributed by atoms with E-state index >= 15 is 0 Å². The third-order valence-corrected chi connectivity index (χ3v) is 3.83. The molecule has 22 heavy (non-hydrogen) atoms. The molecule has 0 saturated heterocycles. The number of halogens is 1. The van der Waals surface area contributed by atoms with Gasteiger partial charge >= 0.3 is 5.91 Å². The number of para-hydroxylation sites is 1. The molecule has 7 heteroatoms. The summed E-state index contributed by atoms with van der Waals surface area (Å²) in [6.07, 6.45) is 0. The van der Waals surface area contributed by atoms with Crippen molar-refractivity contribution in [2.24, 2.45) is 0 Å². The molecular formula is C15H18BrN3O3. The van der Waals surface area contributed by atoms with Crippen molar-refractivity contribution in [2.75, 3.05) is 25.2 Å². The van der Waals surface area contributed by atoms with Gasteiger partial charge in [0.15, 0.2) is 0 Å². The van der Waals surface area contributed by atoms with Gasteiger partial charge in [0.25, 0.3) is 5.78 Å². The summed E-state index contributed by atoms with van der Waals surface area (Å²) in [6, 6.07) is 5.19. The number of carbonyl (C=O) groups is 3. The van der Waals surface area contributed by atoms with Gasteiger partial charge in [-0.05, 0) is 49.0 Å². The van der Waals surface area contributed by atoms with Gasteiger partial charge in [-0.3, -0.25) is 24.2 Å². The first-order chi connectivity index (χ1) is 10.3. The monoisotopic (exact) mass is 367 g/mol. The second-order valence-corrected chi connectivity index (χ2v) is 6.43. The molecule has 0 fully saturated rings. The van der Waals surface area contributed by atoms with Crippen LogP contribution in [0.25, 0.3) is 0 Å². The van der Waals surface area contributed by atoms with E-state index in [0.29, 0.717) is 15.7 Å². The first kappa shape index (κ1) is 16.6. The highest BCUT2D eigenvalue weighted by Crippen LogP contribution is 2.35. The number of Topliss-reactive ketones (excluding diaryl/α,β-unsaturated/α-hetero) is 1. The van der Waals surface area contributed by atoms with Crippen LogP contribution in [0.3, 0.4) is 0 Å². The molecule has 1 aromatic carbocycles. The number of nitrogens with zero attached hydrogens (tertiary/aromatic N) is 2. The van der Waals surface area contributed by atoms with Crippen molar-refractivity contribution in [3.8, 4) is 0 Å². The summed E-state index contributed by atoms with van der Waals surface area (Å²) in [5.41, 5.74) is 0.952. The zero-order valence-electron chi connectivity index (χ0n) is 12.7. The maximum absolute atomic E-state index is 12.1. The number of benzene rings is 1. The second-order valence-electron chi connectivity index (χ2n) is 5.58. The molecule has 0 radical (unpaired) electrons. The molecule has 0 atom stereocenters. The third kappa shape index (κ3) is 3.36. The van der Waals surface area contributed by atoms with Crippen LogP contribution in [-0.2, 0) is 9.59 Å². The van der Waals surface area contributed by atoms with Crippen LogP contribution in [0.2, 0.25) is 0 Å². The fourth-order valence-electron chi connectivity index (χ4n) is 2.35. The molecular weight excluding hydrogens is 350 g/mol. The van der Waals surface area contributed by atoms with Gasteiger partial charge in [0, 0.05) is 10.5 Å². The number of fused-ring (bicyclic) bond motifs is 1. The molecule has 1 N–H and O–H groups in total. The summed E-state index contributed by atoms with van der Waals surface area (Å²) in [5.74, 6) is -1.21. The molecule has 6 nitrogen and oxygen atoms in total. The highest BCUT2D eigenvalue weighted by molar-refractivity contribution is 9.10. The van der Waals surface area contributed by atoms with E-state index in [0.717, 1.165) is 0 Å². The van der Waals surface area contributed by atoms with Crippen LogP contribution in [0, 0.1) is 0 Å². The van der Waals surface area contributed by atoms with Gasteiger partial charge in [-0.25, -0.2) is 0 Å². The lowest BCUT2D eigenvalue weighted by Gasteiger charge is -2.24. The van der Waals surface area contributed by atoms with Crippen molar-refractivity contribution in [1.29, 1.82) is 0 Å². The van der Waals surface area contributed by atoms with Gasteiger partial charge < -0.3 is 5.32 Å². The van der Waals surface area contributed by atoms with E-state index in [1.165, 1.54) is 4.90 Å². The summed E-state index contributed by atoms with van der Waals surface area (Å²) in [6.45, 7) is 4.09. The van der Waals surface area contributed by atoms with Crippen molar-refractivity contribution in [3.05, 3.63) is 28.2 Å². The average molecular weight is 368 g/mol. The molecule has 118 valence electrons. The van der Waals surface area contributed by atoms with Crippen molar-refractivity contribution >= 4 is 39.2 Å². The number of hydrogen-bond donors (Lipinski definition) is 1. The molecule has 0 spiro atoms. The molecule has 1 heterocycles. The number of hydrogen-bond acceptors (Lipinski definition) is 4. The minimum absolute atomic E-state index is 0.0609. The highest BCUT2D eigenvalue weighted by Gasteiger charge is 2.37. The van der Waals surface area contributed by atoms with E-state index in [9.17, 15) is 14.4 Å². The van der Waals surface area contributed by atoms with E-state index in [2.05, 4.69) is 21.2 Å². The third-order valence-electron chi connectivity index (χ3n) is 3.19. The van der Waals surface area contributed by atoms with E-state index < -0.39 is 11.7 Å². The van der Waals surface area contributed by atoms with Crippen LogP contribution in [0.15, 0.2) is 22.7 Å². The molecule has 2 amide bonds. The Morgan fingerprint density at radius 3 is 2.68 bits per heavy atom. The maximum Gasteiger partial charge on any atom is 0.300 e. The number of amides is 2. The smallest absolute Gasteiger partial charge is 0.300 e. The van der Waals surface area contributed by atoms with Crippen molar-refractivity contribution in [2.45, 2.75) is 19.9 Å². The number of anilines is 1. The molecule has 0 aromatic heterocycles. The quantitative estimate of drug-likeness (QED) is 0.798. The van der Waals surface area contributed by atoms with Crippen molar-refractivity contribution < 1.29 is 14.4 Å². The predicted molar refractivity (Wildman–Crippen MR) is 86.7 cm³/mol. The minimum atomic E-state index is -0.571. The summed E-state index contributed by atoms with van der Waals surface area (Å²) in [4.78, 5) is 39.0. The summed E-state index contributed by atoms with van der Waals surface area (Å²) in [5, 5.41) is 2.79. The van der Waals surface area contributed by atoms with E-state index in [-0.39, 0.29) is 25.2 Å². The van der Waals surface area contributed by atoms with Crippen molar-refractivity contribution in [1.82, 2.24) is 10.2 Å². The lowest BCUT2D eigenvalue weighted by Crippen LogP contribution is -2.44. The Morgan fingerprint density at radius 2 is 2.05 bits per heavy atom. The Kier molecular flexibility index (Phi) is 4.97. The van der Waals surface area contributed by atoms with Crippen LogP contribution in [0.1, 0.15) is 24.2 Å². The first-order valence-corrected chi connectivity index (χ1v) is 7.73. The molecule has 1 aliphatic rings. The molecule has 0 unspecified atom stereocenters. The highest BCUT2D eigenvalue weighted by atomic mass is 79.9. The Labute approximate surface area is 137 Å². The van der Waals surface area contributed by atoms with Crippen LogP contribution in [0.5, 0.6) is 0 Å². The fourth-order valence-corrected chi connectivity index (χ4v) is 2.93. The Hall–Kier alpha value is -1.73. The van der Waals surface area contributed by atoms with Gasteiger partial charge in [-0.15, -0.1) is 0 Å². The molecule has 1 aromatic rings. The lowest BCUT2D eigenvalue weighted by molar-refractivity contribution is -0.123. The summed E-state index contributed by atoms with van der Waals surface area (Å²) >= 11 is 3.37. The van der Waals surface area contributed by atoms with Crippen LogP contribution in [-0.4, -0.2) is 48.8 Å². The van der Waals surface area contributed by atoms with Crippen LogP contribution < -0.4 is 10.2 Å². The van der Waals surface area contributed by atoms with Gasteiger partial charge in [0.05, 0.1) is 24.5 Å². The summed E-state index contributed by atoms with van der Waals surface area (Å²) in [7, 11) is 1.73. The van der Waals surface area contributed by atoms with E-state index in [1.807, 2.05) is 13.8 Å². The number of carbonyl (C=O) groups excluding carboxylic acids is 3. The van der Waals surface area contributed by atoms with Gasteiger partial charge in [-0.2, -0.15) is 0 Å². The zero-order valence-corrected chi connectivity index (χ0v) is 14.3. The Morgan fingerprint density at radius 1 is 1.36 bits per heavy atom. The zero-order chi connectivity index (χ0) is 16.4. The lowest BCUT2D eigenvalue weighted by atomic mass is 10.1. The standard InChI is InChI=1S/C15H18BrN3O3/c1-9(2)17-12(20)7-18(3)8-19-13-10(14(21)15(19)22)5-4-6-11(13)16/h4-6,9H,7-8H2,1-3H3,(H,17,20). The van der Waals surface area contributed by atoms with Crippen LogP contribution >= 0.6 is 15.9 Å². The van der Waals surface area contributed by atoms with Crippen LogP contribution in [0.4, 0.5) is 5.69 Å². The van der Waals surface area contributed by atoms with E-state index in [1.54, 1.807) is 30.1 Å². The first-order valence-electron chi connectivity index (χ1n) is 6.94. The second kappa shape index (κ2) is 6.58. The number of nitrogens with one attached hydrogen (secondary N) is 1. The normalized spacial score (nSPS) is 14.0. The number of rotatable bonds is 5. The number of ketones is 1. The Bertz CT molecular complexity index is 630. The minimum Gasteiger partial charge on any atom is -0.353 e. The average Bonchev–Trinajstić information content (AvgIpc) is 2.64. The Balaban J connectivity index is 2.12. The molecule has 2 rings (SSSR count). The van der Waals surface area contributed by atoms with Gasteiger partial charge in [0.2, 0.25) is 5.91 Å².